The van der Waals surface area contributed by atoms with E-state index < -0.39 is 10.0 Å². The summed E-state index contributed by atoms with van der Waals surface area (Å²) in [6.45, 7) is 2.24. The van der Waals surface area contributed by atoms with Gasteiger partial charge >= 0.3 is 0 Å². The largest absolute Gasteiger partial charge is 0.383 e. The van der Waals surface area contributed by atoms with Crippen LogP contribution in [0, 0.1) is 6.92 Å². The number of sulfonamides is 1. The summed E-state index contributed by atoms with van der Waals surface area (Å²) in [5.74, 6) is 0. The number of hydrogen-bond acceptors (Lipinski definition) is 6. The van der Waals surface area contributed by atoms with E-state index in [2.05, 4.69) is 14.7 Å². The monoisotopic (exact) mass is 313 g/mol. The number of thiazole rings is 1. The number of aryl methyl sites for hydroxylation is 1. The Morgan fingerprint density at radius 1 is 1.45 bits per heavy atom. The molecule has 2 aromatic rings. The number of methoxy groups -OCH3 is 1. The third kappa shape index (κ3) is 3.40. The molecule has 0 radical (unpaired) electrons. The van der Waals surface area contributed by atoms with Crippen molar-refractivity contribution in [2.45, 2.75) is 11.1 Å². The Balaban J connectivity index is 2.28. The average Bonchev–Trinajstić information content (AvgIpc) is 2.83. The first kappa shape index (κ1) is 15.0. The molecule has 2 rings (SSSR count). The second-order valence-electron chi connectivity index (χ2n) is 4.02. The fraction of sp³-hybridized carbons (Fsp3) is 0.333. The fourth-order valence-electron chi connectivity index (χ4n) is 1.59. The lowest BCUT2D eigenvalue weighted by molar-refractivity contribution is 0.204. The molecular formula is C12H15N3O3S2. The van der Waals surface area contributed by atoms with Crippen LogP contribution in [0.5, 0.6) is 0 Å². The molecule has 2 aromatic heterocycles. The molecule has 2 heterocycles. The van der Waals surface area contributed by atoms with Crippen molar-refractivity contribution < 1.29 is 13.2 Å². The van der Waals surface area contributed by atoms with Crippen molar-refractivity contribution >= 4 is 21.4 Å². The minimum absolute atomic E-state index is 0.229. The Morgan fingerprint density at radius 3 is 2.90 bits per heavy atom. The summed E-state index contributed by atoms with van der Waals surface area (Å²) in [5, 5.41) is 0.641. The predicted octanol–water partition coefficient (Wildman–Crippen LogP) is 1.44. The summed E-state index contributed by atoms with van der Waals surface area (Å²) in [7, 11) is -2.02. The van der Waals surface area contributed by atoms with Crippen molar-refractivity contribution in [2.75, 3.05) is 20.3 Å². The minimum Gasteiger partial charge on any atom is -0.383 e. The quantitative estimate of drug-likeness (QED) is 0.816. The molecule has 0 aromatic carbocycles. The zero-order valence-electron chi connectivity index (χ0n) is 11.2. The van der Waals surface area contributed by atoms with E-state index in [0.29, 0.717) is 17.3 Å². The molecule has 1 N–H and O–H groups in total. The first-order valence-electron chi connectivity index (χ1n) is 5.91. The van der Waals surface area contributed by atoms with Gasteiger partial charge in [0.15, 0.2) is 4.21 Å². The van der Waals surface area contributed by atoms with Gasteiger partial charge in [0, 0.05) is 31.6 Å². The van der Waals surface area contributed by atoms with Crippen LogP contribution in [0.4, 0.5) is 0 Å². The molecule has 0 aliphatic rings. The van der Waals surface area contributed by atoms with Crippen LogP contribution in [-0.4, -0.2) is 38.6 Å². The second kappa shape index (κ2) is 6.40. The SMILES string of the molecule is COCCNS(=O)(=O)c1sc(-c2cccnc2)nc1C. The third-order valence-corrected chi connectivity index (χ3v) is 5.78. The number of rotatable bonds is 6. The van der Waals surface area contributed by atoms with Crippen molar-refractivity contribution in [1.82, 2.24) is 14.7 Å². The first-order chi connectivity index (χ1) is 9.54. The number of aromatic nitrogens is 2. The van der Waals surface area contributed by atoms with E-state index in [-0.39, 0.29) is 10.8 Å². The molecule has 6 nitrogen and oxygen atoms in total. The molecule has 0 amide bonds. The van der Waals surface area contributed by atoms with Crippen molar-refractivity contribution in [1.29, 1.82) is 0 Å². The standard InChI is InChI=1S/C12H15N3O3S2/c1-9-12(20(16,17)14-6-7-18-2)19-11(15-9)10-4-3-5-13-8-10/h3-5,8,14H,6-7H2,1-2H3. The topological polar surface area (TPSA) is 81.2 Å². The van der Waals surface area contributed by atoms with Crippen LogP contribution in [0.3, 0.4) is 0 Å². The molecule has 0 spiro atoms. The molecule has 0 bridgehead atoms. The van der Waals surface area contributed by atoms with E-state index in [9.17, 15) is 8.42 Å². The highest BCUT2D eigenvalue weighted by atomic mass is 32.2. The second-order valence-corrected chi connectivity index (χ2v) is 6.99. The van der Waals surface area contributed by atoms with Gasteiger partial charge in [-0.15, -0.1) is 11.3 Å². The Kier molecular flexibility index (Phi) is 4.81. The lowest BCUT2D eigenvalue weighted by Gasteiger charge is -2.03. The van der Waals surface area contributed by atoms with Gasteiger partial charge in [0.2, 0.25) is 0 Å². The van der Waals surface area contributed by atoms with Crippen molar-refractivity contribution in [3.05, 3.63) is 30.2 Å². The van der Waals surface area contributed by atoms with Gasteiger partial charge in [-0.05, 0) is 19.1 Å². The van der Waals surface area contributed by atoms with E-state index in [1.165, 1.54) is 7.11 Å². The first-order valence-corrected chi connectivity index (χ1v) is 8.21. The van der Waals surface area contributed by atoms with E-state index in [4.69, 9.17) is 4.74 Å². The van der Waals surface area contributed by atoms with Gasteiger partial charge in [0.05, 0.1) is 12.3 Å². The van der Waals surface area contributed by atoms with Crippen molar-refractivity contribution in [2.24, 2.45) is 0 Å². The van der Waals surface area contributed by atoms with Gasteiger partial charge in [-0.3, -0.25) is 4.98 Å². The van der Waals surface area contributed by atoms with E-state index in [1.54, 1.807) is 25.4 Å². The zero-order chi connectivity index (χ0) is 14.6. The number of pyridine rings is 1. The van der Waals surface area contributed by atoms with Gasteiger partial charge in [-0.1, -0.05) is 0 Å². The van der Waals surface area contributed by atoms with Crippen LogP contribution >= 0.6 is 11.3 Å². The minimum atomic E-state index is -3.54. The van der Waals surface area contributed by atoms with Crippen LogP contribution in [0.25, 0.3) is 10.6 Å². The molecular weight excluding hydrogens is 298 g/mol. The highest BCUT2D eigenvalue weighted by molar-refractivity contribution is 7.91. The predicted molar refractivity (Wildman–Crippen MR) is 77.1 cm³/mol. The van der Waals surface area contributed by atoms with Crippen molar-refractivity contribution in [3.8, 4) is 10.6 Å². The molecule has 0 unspecified atom stereocenters. The highest BCUT2D eigenvalue weighted by Gasteiger charge is 2.21. The maximum absolute atomic E-state index is 12.2. The average molecular weight is 313 g/mol. The smallest absolute Gasteiger partial charge is 0.252 e. The summed E-state index contributed by atoms with van der Waals surface area (Å²) >= 11 is 1.14. The van der Waals surface area contributed by atoms with Gasteiger partial charge in [0.1, 0.15) is 5.01 Å². The van der Waals surface area contributed by atoms with Crippen LogP contribution in [0.1, 0.15) is 5.69 Å². The number of nitrogens with zero attached hydrogens (tertiary/aromatic N) is 2. The summed E-state index contributed by atoms with van der Waals surface area (Å²) in [6.07, 6.45) is 3.32. The normalized spacial score (nSPS) is 11.7. The lowest BCUT2D eigenvalue weighted by Crippen LogP contribution is -2.27. The van der Waals surface area contributed by atoms with Gasteiger partial charge in [0.25, 0.3) is 10.0 Å². The maximum atomic E-state index is 12.2. The molecule has 0 fully saturated rings. The van der Waals surface area contributed by atoms with E-state index in [1.807, 2.05) is 6.07 Å². The number of nitrogens with one attached hydrogen (secondary N) is 1. The molecule has 0 atom stereocenters. The maximum Gasteiger partial charge on any atom is 0.252 e. The Morgan fingerprint density at radius 2 is 2.25 bits per heavy atom. The fourth-order valence-corrected chi connectivity index (χ4v) is 4.15. The molecule has 108 valence electrons. The van der Waals surface area contributed by atoms with E-state index >= 15 is 0 Å². The lowest BCUT2D eigenvalue weighted by atomic mass is 10.3. The molecule has 0 saturated heterocycles. The van der Waals surface area contributed by atoms with Gasteiger partial charge < -0.3 is 4.74 Å². The molecule has 0 aliphatic carbocycles. The van der Waals surface area contributed by atoms with E-state index in [0.717, 1.165) is 16.9 Å². The number of hydrogen-bond donors (Lipinski definition) is 1. The molecule has 0 saturated carbocycles. The van der Waals surface area contributed by atoms with Gasteiger partial charge in [-0.2, -0.15) is 0 Å². The van der Waals surface area contributed by atoms with Crippen LogP contribution in [-0.2, 0) is 14.8 Å². The molecule has 20 heavy (non-hydrogen) atoms. The molecule has 8 heteroatoms. The Labute approximate surface area is 121 Å². The molecule has 0 aliphatic heterocycles. The van der Waals surface area contributed by atoms with Gasteiger partial charge in [-0.25, -0.2) is 18.1 Å². The zero-order valence-corrected chi connectivity index (χ0v) is 12.8. The third-order valence-electron chi connectivity index (χ3n) is 2.50. The highest BCUT2D eigenvalue weighted by Crippen LogP contribution is 2.30. The van der Waals surface area contributed by atoms with Crippen LogP contribution in [0.15, 0.2) is 28.7 Å². The summed E-state index contributed by atoms with van der Waals surface area (Å²) < 4.78 is 31.9. The number of ether oxygens (including phenoxy) is 1. The Hall–Kier alpha value is -1.35. The van der Waals surface area contributed by atoms with Crippen LogP contribution in [0.2, 0.25) is 0 Å². The summed E-state index contributed by atoms with van der Waals surface area (Å²) in [5.41, 5.74) is 1.29. The van der Waals surface area contributed by atoms with Crippen molar-refractivity contribution in [3.63, 3.8) is 0 Å². The van der Waals surface area contributed by atoms with Crippen LogP contribution < -0.4 is 4.72 Å². The Bertz CT molecular complexity index is 669. The summed E-state index contributed by atoms with van der Waals surface area (Å²) in [4.78, 5) is 8.31. The summed E-state index contributed by atoms with van der Waals surface area (Å²) in [6, 6.07) is 3.64.